The molecule has 2 fully saturated rings. The third-order valence-electron chi connectivity index (χ3n) is 8.24. The molecule has 2 N–H and O–H groups in total. The van der Waals surface area contributed by atoms with Gasteiger partial charge in [0.2, 0.25) is 0 Å². The Balaban J connectivity index is 1.38. The quantitative estimate of drug-likeness (QED) is 0.431. The van der Waals surface area contributed by atoms with Crippen LogP contribution < -0.4 is 10.6 Å². The van der Waals surface area contributed by atoms with Crippen LogP contribution in [0.3, 0.4) is 0 Å². The van der Waals surface area contributed by atoms with Gasteiger partial charge in [0.1, 0.15) is 0 Å². The molecule has 1 heterocycles. The first kappa shape index (κ1) is 28.1. The van der Waals surface area contributed by atoms with Crippen LogP contribution >= 0.6 is 23.2 Å². The SMILES string of the molecule is CC(C)(C)NC(=O)N1CCN(CCN(CC2=CCC3CC2C3(C)C)C(=O)Nc2ccc(Cl)c(Cl)c2)CC1. The van der Waals surface area contributed by atoms with Gasteiger partial charge in [0, 0.05) is 57.0 Å². The first-order valence-corrected chi connectivity index (χ1v) is 14.1. The molecule has 3 aliphatic carbocycles. The monoisotopic (exact) mass is 549 g/mol. The van der Waals surface area contributed by atoms with Gasteiger partial charge in [0.05, 0.1) is 10.0 Å². The normalized spacial score (nSPS) is 23.1. The van der Waals surface area contributed by atoms with Gasteiger partial charge in [-0.2, -0.15) is 0 Å². The number of carbonyl (C=O) groups excluding carboxylic acids is 2. The van der Waals surface area contributed by atoms with Gasteiger partial charge in [-0.25, -0.2) is 9.59 Å². The van der Waals surface area contributed by atoms with Crippen molar-refractivity contribution in [2.24, 2.45) is 17.3 Å². The number of nitrogens with zero attached hydrogens (tertiary/aromatic N) is 3. The molecular formula is C28H41Cl2N5O2. The van der Waals surface area contributed by atoms with Crippen molar-refractivity contribution in [2.75, 3.05) is 51.1 Å². The van der Waals surface area contributed by atoms with Crippen LogP contribution in [0.2, 0.25) is 10.0 Å². The lowest BCUT2D eigenvalue weighted by Gasteiger charge is -2.57. The van der Waals surface area contributed by atoms with Gasteiger partial charge in [-0.3, -0.25) is 4.90 Å². The number of allylic oxidation sites excluding steroid dienone is 1. The van der Waals surface area contributed by atoms with Crippen molar-refractivity contribution in [3.8, 4) is 0 Å². The van der Waals surface area contributed by atoms with E-state index in [1.807, 2.05) is 30.6 Å². The van der Waals surface area contributed by atoms with Crippen molar-refractivity contribution in [1.82, 2.24) is 20.0 Å². The number of urea groups is 2. The minimum Gasteiger partial charge on any atom is -0.333 e. The van der Waals surface area contributed by atoms with Gasteiger partial charge in [-0.05, 0) is 69.1 Å². The molecule has 2 atom stereocenters. The second kappa shape index (κ2) is 11.0. The molecule has 0 radical (unpaired) electrons. The maximum absolute atomic E-state index is 13.4. The lowest BCUT2D eigenvalue weighted by molar-refractivity contribution is -0.00969. The number of rotatable bonds is 6. The zero-order valence-corrected chi connectivity index (χ0v) is 24.3. The van der Waals surface area contributed by atoms with Gasteiger partial charge in [-0.15, -0.1) is 0 Å². The highest BCUT2D eigenvalue weighted by molar-refractivity contribution is 6.42. The van der Waals surface area contributed by atoms with Crippen molar-refractivity contribution in [2.45, 2.75) is 53.0 Å². The minimum absolute atomic E-state index is 0.0135. The highest BCUT2D eigenvalue weighted by atomic mass is 35.5. The van der Waals surface area contributed by atoms with E-state index in [1.54, 1.807) is 18.2 Å². The Kier molecular flexibility index (Phi) is 8.37. The summed E-state index contributed by atoms with van der Waals surface area (Å²) in [6, 6.07) is 4.99. The first-order valence-electron chi connectivity index (χ1n) is 13.3. The lowest BCUT2D eigenvalue weighted by atomic mass is 9.49. The van der Waals surface area contributed by atoms with Crippen molar-refractivity contribution in [1.29, 1.82) is 0 Å². The highest BCUT2D eigenvalue weighted by Crippen LogP contribution is 2.59. The molecule has 5 rings (SSSR count). The summed E-state index contributed by atoms with van der Waals surface area (Å²) in [5.74, 6) is 1.29. The van der Waals surface area contributed by atoms with Gasteiger partial charge in [0.25, 0.3) is 0 Å². The fourth-order valence-electron chi connectivity index (χ4n) is 5.74. The number of hydrogen-bond donors (Lipinski definition) is 2. The highest BCUT2D eigenvalue weighted by Gasteiger charge is 2.51. The van der Waals surface area contributed by atoms with E-state index >= 15 is 0 Å². The fourth-order valence-corrected chi connectivity index (χ4v) is 6.04. The number of amides is 4. The molecule has 1 saturated heterocycles. The summed E-state index contributed by atoms with van der Waals surface area (Å²) in [5, 5.41) is 6.93. The number of halogens is 2. The number of benzene rings is 1. The van der Waals surface area contributed by atoms with Crippen LogP contribution in [0.4, 0.5) is 15.3 Å². The van der Waals surface area contributed by atoms with E-state index in [0.29, 0.717) is 53.2 Å². The minimum atomic E-state index is -0.251. The molecular weight excluding hydrogens is 509 g/mol. The summed E-state index contributed by atoms with van der Waals surface area (Å²) in [6.45, 7) is 15.6. The van der Waals surface area contributed by atoms with Gasteiger partial charge in [0.15, 0.2) is 0 Å². The van der Waals surface area contributed by atoms with Crippen molar-refractivity contribution in [3.05, 3.63) is 39.9 Å². The third-order valence-corrected chi connectivity index (χ3v) is 8.98. The molecule has 204 valence electrons. The molecule has 0 spiro atoms. The van der Waals surface area contributed by atoms with E-state index in [-0.39, 0.29) is 17.6 Å². The molecule has 2 unspecified atom stereocenters. The molecule has 1 aromatic rings. The zero-order valence-electron chi connectivity index (χ0n) is 22.7. The number of nitrogens with one attached hydrogen (secondary N) is 2. The predicted octanol–water partition coefficient (Wildman–Crippen LogP) is 5.95. The molecule has 37 heavy (non-hydrogen) atoms. The van der Waals surface area contributed by atoms with Crippen LogP contribution in [0.5, 0.6) is 0 Å². The zero-order chi connectivity index (χ0) is 27.0. The molecule has 2 bridgehead atoms. The molecule has 1 aliphatic heterocycles. The summed E-state index contributed by atoms with van der Waals surface area (Å²) in [7, 11) is 0. The summed E-state index contributed by atoms with van der Waals surface area (Å²) in [6.07, 6.45) is 4.68. The average molecular weight is 551 g/mol. The van der Waals surface area contributed by atoms with Crippen LogP contribution in [0.15, 0.2) is 29.8 Å². The van der Waals surface area contributed by atoms with Crippen LogP contribution in [-0.2, 0) is 0 Å². The van der Waals surface area contributed by atoms with Crippen molar-refractivity contribution in [3.63, 3.8) is 0 Å². The maximum Gasteiger partial charge on any atom is 0.322 e. The van der Waals surface area contributed by atoms with Crippen molar-refractivity contribution >= 4 is 41.0 Å². The van der Waals surface area contributed by atoms with E-state index in [0.717, 1.165) is 32.0 Å². The number of fused-ring (bicyclic) bond motifs is 1. The molecule has 7 nitrogen and oxygen atoms in total. The topological polar surface area (TPSA) is 67.9 Å². The van der Waals surface area contributed by atoms with E-state index < -0.39 is 0 Å². The predicted molar refractivity (Wildman–Crippen MR) is 151 cm³/mol. The van der Waals surface area contributed by atoms with Crippen LogP contribution in [-0.4, -0.2) is 78.1 Å². The van der Waals surface area contributed by atoms with Crippen LogP contribution in [0.25, 0.3) is 0 Å². The van der Waals surface area contributed by atoms with E-state index in [1.165, 1.54) is 12.0 Å². The van der Waals surface area contributed by atoms with Crippen molar-refractivity contribution < 1.29 is 9.59 Å². The van der Waals surface area contributed by atoms with Gasteiger partial charge < -0.3 is 20.4 Å². The number of carbonyl (C=O) groups is 2. The van der Waals surface area contributed by atoms with Crippen LogP contribution in [0, 0.1) is 17.3 Å². The maximum atomic E-state index is 13.4. The molecule has 4 aliphatic rings. The Bertz CT molecular complexity index is 1040. The van der Waals surface area contributed by atoms with Gasteiger partial charge >= 0.3 is 12.1 Å². The molecule has 1 aromatic carbocycles. The molecule has 0 aromatic heterocycles. The third kappa shape index (κ3) is 6.73. The van der Waals surface area contributed by atoms with E-state index in [2.05, 4.69) is 35.5 Å². The summed E-state index contributed by atoms with van der Waals surface area (Å²) in [4.78, 5) is 32.1. The average Bonchev–Trinajstić information content (AvgIpc) is 2.83. The second-order valence-electron chi connectivity index (χ2n) is 12.3. The smallest absolute Gasteiger partial charge is 0.322 e. The largest absolute Gasteiger partial charge is 0.333 e. The molecule has 9 heteroatoms. The van der Waals surface area contributed by atoms with Crippen LogP contribution in [0.1, 0.15) is 47.5 Å². The second-order valence-corrected chi connectivity index (χ2v) is 13.1. The summed E-state index contributed by atoms with van der Waals surface area (Å²) < 4.78 is 0. The Morgan fingerprint density at radius 2 is 1.81 bits per heavy atom. The Morgan fingerprint density at radius 3 is 2.41 bits per heavy atom. The number of anilines is 1. The Labute approximate surface area is 231 Å². The fraction of sp³-hybridized carbons (Fsp3) is 0.643. The number of piperazine rings is 1. The standard InChI is InChI=1S/C28H41Cl2N5O2/c1-27(2,3)32-26(37)34-13-10-33(11-14-34)12-15-35(18-19-6-7-20-16-22(19)28(20,4)5)25(36)31-21-8-9-23(29)24(30)17-21/h6,8-9,17,20,22H,7,10-16,18H2,1-5H3,(H,31,36)(H,32,37). The number of hydrogen-bond acceptors (Lipinski definition) is 3. The van der Waals surface area contributed by atoms with E-state index in [9.17, 15) is 9.59 Å². The van der Waals surface area contributed by atoms with E-state index in [4.69, 9.17) is 23.2 Å². The first-order chi connectivity index (χ1) is 17.3. The molecule has 4 amide bonds. The summed E-state index contributed by atoms with van der Waals surface area (Å²) in [5.41, 5.74) is 2.06. The summed E-state index contributed by atoms with van der Waals surface area (Å²) >= 11 is 12.2. The van der Waals surface area contributed by atoms with Gasteiger partial charge in [-0.1, -0.05) is 48.7 Å². The lowest BCUT2D eigenvalue weighted by Crippen LogP contribution is -2.56. The Morgan fingerprint density at radius 1 is 1.11 bits per heavy atom. The Hall–Kier alpha value is -1.96. The molecule has 1 saturated carbocycles.